The van der Waals surface area contributed by atoms with Gasteiger partial charge in [-0.15, -0.1) is 0 Å². The number of hydrogen-bond donors (Lipinski definition) is 1. The summed E-state index contributed by atoms with van der Waals surface area (Å²) < 4.78 is 0. The van der Waals surface area contributed by atoms with Crippen LogP contribution in [0.2, 0.25) is 0 Å². The summed E-state index contributed by atoms with van der Waals surface area (Å²) in [6.07, 6.45) is 2.20. The van der Waals surface area contributed by atoms with Crippen molar-refractivity contribution in [3.8, 4) is 0 Å². The van der Waals surface area contributed by atoms with Crippen LogP contribution in [0.3, 0.4) is 0 Å². The Morgan fingerprint density at radius 3 is 2.95 bits per heavy atom. The van der Waals surface area contributed by atoms with Crippen LogP contribution in [-0.4, -0.2) is 41.4 Å². The van der Waals surface area contributed by atoms with E-state index in [2.05, 4.69) is 5.32 Å². The van der Waals surface area contributed by atoms with E-state index in [0.717, 1.165) is 19.4 Å². The van der Waals surface area contributed by atoms with Crippen LogP contribution < -0.4 is 5.32 Å². The van der Waals surface area contributed by atoms with Gasteiger partial charge in [-0.05, 0) is 32.4 Å². The molecule has 6 nitrogen and oxygen atoms in total. The predicted octanol–water partition coefficient (Wildman–Crippen LogP) is 1.81. The monoisotopic (exact) mass is 277 g/mol. The highest BCUT2D eigenvalue weighted by molar-refractivity contribution is 5.94. The molecular formula is C14H19N3O3. The van der Waals surface area contributed by atoms with Gasteiger partial charge in [0, 0.05) is 36.8 Å². The Labute approximate surface area is 117 Å². The van der Waals surface area contributed by atoms with Crippen LogP contribution >= 0.6 is 0 Å². The van der Waals surface area contributed by atoms with Crippen molar-refractivity contribution in [2.24, 2.45) is 0 Å². The number of nitrogens with zero attached hydrogens (tertiary/aromatic N) is 2. The molecule has 1 atom stereocenters. The smallest absolute Gasteiger partial charge is 0.270 e. The fourth-order valence-electron chi connectivity index (χ4n) is 2.47. The minimum Gasteiger partial charge on any atom is -0.337 e. The van der Waals surface area contributed by atoms with Gasteiger partial charge in [0.25, 0.3) is 11.6 Å². The number of hydrogen-bond acceptors (Lipinski definition) is 4. The number of amides is 1. The number of nitro benzene ring substituents is 1. The molecule has 0 radical (unpaired) electrons. The molecule has 6 heteroatoms. The lowest BCUT2D eigenvalue weighted by Crippen LogP contribution is -2.41. The lowest BCUT2D eigenvalue weighted by molar-refractivity contribution is -0.384. The average Bonchev–Trinajstić information content (AvgIpc) is 2.97. The Balaban J connectivity index is 2.10. The standard InChI is InChI=1S/C14H19N3O3/c1-2-16(10-12-6-4-8-15-12)14(18)11-5-3-7-13(9-11)17(19)20/h3,5,7,9,12,15H,2,4,6,8,10H2,1H3. The highest BCUT2D eigenvalue weighted by Gasteiger charge is 2.22. The Kier molecular flexibility index (Phi) is 4.68. The molecule has 0 aromatic heterocycles. The summed E-state index contributed by atoms with van der Waals surface area (Å²) in [6.45, 7) is 4.16. The van der Waals surface area contributed by atoms with Crippen LogP contribution in [0.1, 0.15) is 30.1 Å². The summed E-state index contributed by atoms with van der Waals surface area (Å²) in [4.78, 5) is 24.4. The maximum atomic E-state index is 12.4. The average molecular weight is 277 g/mol. The summed E-state index contributed by atoms with van der Waals surface area (Å²) in [5, 5.41) is 14.1. The van der Waals surface area contributed by atoms with Gasteiger partial charge in [-0.2, -0.15) is 0 Å². The van der Waals surface area contributed by atoms with Gasteiger partial charge in [0.1, 0.15) is 0 Å². The van der Waals surface area contributed by atoms with Crippen LogP contribution in [0.5, 0.6) is 0 Å². The van der Waals surface area contributed by atoms with E-state index in [1.165, 1.54) is 12.1 Å². The number of likely N-dealkylation sites (N-methyl/N-ethyl adjacent to an activating group) is 1. The van der Waals surface area contributed by atoms with E-state index in [-0.39, 0.29) is 11.6 Å². The zero-order valence-corrected chi connectivity index (χ0v) is 11.5. The van der Waals surface area contributed by atoms with Crippen molar-refractivity contribution in [2.45, 2.75) is 25.8 Å². The molecule has 1 aromatic carbocycles. The number of nitrogens with one attached hydrogen (secondary N) is 1. The predicted molar refractivity (Wildman–Crippen MR) is 75.7 cm³/mol. The lowest BCUT2D eigenvalue weighted by atomic mass is 10.1. The Hall–Kier alpha value is -1.95. The number of benzene rings is 1. The largest absolute Gasteiger partial charge is 0.337 e. The van der Waals surface area contributed by atoms with Gasteiger partial charge in [-0.25, -0.2) is 0 Å². The van der Waals surface area contributed by atoms with Crippen LogP contribution in [-0.2, 0) is 0 Å². The summed E-state index contributed by atoms with van der Waals surface area (Å²) in [5.41, 5.74) is 0.324. The lowest BCUT2D eigenvalue weighted by Gasteiger charge is -2.24. The van der Waals surface area contributed by atoms with Crippen molar-refractivity contribution < 1.29 is 9.72 Å². The molecule has 1 aromatic rings. The second-order valence-electron chi connectivity index (χ2n) is 4.94. The van der Waals surface area contributed by atoms with Gasteiger partial charge in [0.05, 0.1) is 4.92 Å². The molecule has 0 spiro atoms. The molecule has 1 fully saturated rings. The van der Waals surface area contributed by atoms with Gasteiger partial charge in [0.2, 0.25) is 0 Å². The first kappa shape index (κ1) is 14.5. The first-order valence-corrected chi connectivity index (χ1v) is 6.89. The molecule has 0 aliphatic carbocycles. The highest BCUT2D eigenvalue weighted by Crippen LogP contribution is 2.16. The van der Waals surface area contributed by atoms with Crippen LogP contribution in [0.25, 0.3) is 0 Å². The molecule has 20 heavy (non-hydrogen) atoms. The van der Waals surface area contributed by atoms with E-state index in [1.54, 1.807) is 17.0 Å². The topological polar surface area (TPSA) is 75.5 Å². The third-order valence-corrected chi connectivity index (χ3v) is 3.58. The molecule has 1 N–H and O–H groups in total. The van der Waals surface area contributed by atoms with E-state index in [9.17, 15) is 14.9 Å². The van der Waals surface area contributed by atoms with Crippen molar-refractivity contribution >= 4 is 11.6 Å². The molecule has 1 aliphatic rings. The number of carbonyl (C=O) groups is 1. The first-order valence-electron chi connectivity index (χ1n) is 6.89. The van der Waals surface area contributed by atoms with Crippen molar-refractivity contribution in [1.82, 2.24) is 10.2 Å². The SMILES string of the molecule is CCN(CC1CCCN1)C(=O)c1cccc([N+](=O)[O-])c1. The Morgan fingerprint density at radius 2 is 2.35 bits per heavy atom. The van der Waals surface area contributed by atoms with E-state index in [0.29, 0.717) is 24.7 Å². The molecule has 108 valence electrons. The summed E-state index contributed by atoms with van der Waals surface area (Å²) in [6, 6.07) is 6.24. The second kappa shape index (κ2) is 6.47. The van der Waals surface area contributed by atoms with E-state index in [4.69, 9.17) is 0 Å². The quantitative estimate of drug-likeness (QED) is 0.658. The normalized spacial score (nSPS) is 17.9. The Morgan fingerprint density at radius 1 is 1.55 bits per heavy atom. The number of nitro groups is 1. The summed E-state index contributed by atoms with van der Waals surface area (Å²) in [5.74, 6) is -0.148. The maximum absolute atomic E-state index is 12.4. The summed E-state index contributed by atoms with van der Waals surface area (Å²) >= 11 is 0. The molecule has 1 unspecified atom stereocenters. The summed E-state index contributed by atoms with van der Waals surface area (Å²) in [7, 11) is 0. The molecule has 1 heterocycles. The van der Waals surface area contributed by atoms with Gasteiger partial charge >= 0.3 is 0 Å². The van der Waals surface area contributed by atoms with Gasteiger partial charge in [0.15, 0.2) is 0 Å². The number of rotatable bonds is 5. The maximum Gasteiger partial charge on any atom is 0.270 e. The van der Waals surface area contributed by atoms with Crippen LogP contribution in [0.4, 0.5) is 5.69 Å². The molecule has 1 amide bonds. The Bertz CT molecular complexity index is 498. The molecular weight excluding hydrogens is 258 g/mol. The van der Waals surface area contributed by atoms with Crippen LogP contribution in [0.15, 0.2) is 24.3 Å². The minimum atomic E-state index is -0.481. The molecule has 2 rings (SSSR count). The second-order valence-corrected chi connectivity index (χ2v) is 4.94. The van der Waals surface area contributed by atoms with Crippen molar-refractivity contribution in [3.05, 3.63) is 39.9 Å². The molecule has 1 aliphatic heterocycles. The zero-order chi connectivity index (χ0) is 14.5. The third kappa shape index (κ3) is 3.33. The first-order chi connectivity index (χ1) is 9.61. The van der Waals surface area contributed by atoms with Crippen molar-refractivity contribution in [1.29, 1.82) is 0 Å². The van der Waals surface area contributed by atoms with E-state index in [1.807, 2.05) is 6.92 Å². The fraction of sp³-hybridized carbons (Fsp3) is 0.500. The number of carbonyl (C=O) groups excluding carboxylic acids is 1. The molecule has 0 bridgehead atoms. The van der Waals surface area contributed by atoms with Gasteiger partial charge in [-0.3, -0.25) is 14.9 Å². The fourth-order valence-corrected chi connectivity index (χ4v) is 2.47. The molecule has 0 saturated carbocycles. The third-order valence-electron chi connectivity index (χ3n) is 3.58. The van der Waals surface area contributed by atoms with Gasteiger partial charge < -0.3 is 10.2 Å². The van der Waals surface area contributed by atoms with Gasteiger partial charge in [-0.1, -0.05) is 6.07 Å². The molecule has 1 saturated heterocycles. The number of non-ortho nitro benzene ring substituents is 1. The zero-order valence-electron chi connectivity index (χ0n) is 11.5. The van der Waals surface area contributed by atoms with E-state index >= 15 is 0 Å². The minimum absolute atomic E-state index is 0.0501. The van der Waals surface area contributed by atoms with Crippen molar-refractivity contribution in [3.63, 3.8) is 0 Å². The highest BCUT2D eigenvalue weighted by atomic mass is 16.6. The van der Waals surface area contributed by atoms with E-state index < -0.39 is 4.92 Å². The van der Waals surface area contributed by atoms with Crippen molar-refractivity contribution in [2.75, 3.05) is 19.6 Å². The van der Waals surface area contributed by atoms with Crippen LogP contribution in [0, 0.1) is 10.1 Å².